The quantitative estimate of drug-likeness (QED) is 0.802. The number of nitrogens with one attached hydrogen (secondary N) is 1. The van der Waals surface area contributed by atoms with E-state index in [4.69, 9.17) is 9.84 Å². The number of hydrogen-bond donors (Lipinski definition) is 2. The van der Waals surface area contributed by atoms with E-state index in [1.165, 1.54) is 25.1 Å². The van der Waals surface area contributed by atoms with Gasteiger partial charge in [0.05, 0.1) is 0 Å². The molecule has 110 valence electrons. The molecule has 20 heavy (non-hydrogen) atoms. The SMILES string of the molecule is CCCC(C)(NC(=O)COc1cccc(F)c1)C(=O)O. The molecule has 0 heterocycles. The molecule has 6 heteroatoms. The van der Waals surface area contributed by atoms with Crippen molar-refractivity contribution in [3.8, 4) is 5.75 Å². The minimum absolute atomic E-state index is 0.215. The second-order valence-corrected chi connectivity index (χ2v) is 4.68. The van der Waals surface area contributed by atoms with Crippen molar-refractivity contribution in [2.45, 2.75) is 32.2 Å². The Labute approximate surface area is 116 Å². The monoisotopic (exact) mass is 283 g/mol. The van der Waals surface area contributed by atoms with Gasteiger partial charge in [-0.1, -0.05) is 19.4 Å². The van der Waals surface area contributed by atoms with Crippen molar-refractivity contribution in [2.75, 3.05) is 6.61 Å². The molecule has 0 aromatic heterocycles. The first kappa shape index (κ1) is 15.9. The van der Waals surface area contributed by atoms with E-state index < -0.39 is 23.2 Å². The number of rotatable bonds is 7. The van der Waals surface area contributed by atoms with Crippen LogP contribution < -0.4 is 10.1 Å². The molecule has 1 unspecified atom stereocenters. The van der Waals surface area contributed by atoms with Crippen molar-refractivity contribution in [1.82, 2.24) is 5.32 Å². The van der Waals surface area contributed by atoms with E-state index in [0.29, 0.717) is 12.8 Å². The lowest BCUT2D eigenvalue weighted by Crippen LogP contribution is -2.53. The van der Waals surface area contributed by atoms with E-state index in [1.54, 1.807) is 0 Å². The Morgan fingerprint density at radius 3 is 2.70 bits per heavy atom. The first-order chi connectivity index (χ1) is 9.37. The van der Waals surface area contributed by atoms with Crippen LogP contribution in [0.5, 0.6) is 5.75 Å². The molecular weight excluding hydrogens is 265 g/mol. The average molecular weight is 283 g/mol. The summed E-state index contributed by atoms with van der Waals surface area (Å²) < 4.78 is 18.0. The molecule has 0 bridgehead atoms. The second-order valence-electron chi connectivity index (χ2n) is 4.68. The number of aliphatic carboxylic acids is 1. The summed E-state index contributed by atoms with van der Waals surface area (Å²) in [5.74, 6) is -1.91. The van der Waals surface area contributed by atoms with Crippen LogP contribution in [0, 0.1) is 5.82 Å². The summed E-state index contributed by atoms with van der Waals surface area (Å²) in [6, 6.07) is 5.38. The van der Waals surface area contributed by atoms with Crippen LogP contribution in [0.15, 0.2) is 24.3 Å². The zero-order chi connectivity index (χ0) is 15.2. The lowest BCUT2D eigenvalue weighted by molar-refractivity contribution is -0.147. The maximum absolute atomic E-state index is 12.9. The molecule has 2 N–H and O–H groups in total. The molecule has 1 aromatic rings. The summed E-state index contributed by atoms with van der Waals surface area (Å²) in [7, 11) is 0. The number of carbonyl (C=O) groups is 2. The molecule has 0 saturated carbocycles. The Hall–Kier alpha value is -2.11. The highest BCUT2D eigenvalue weighted by molar-refractivity contribution is 5.87. The third kappa shape index (κ3) is 4.53. The van der Waals surface area contributed by atoms with Gasteiger partial charge in [0.2, 0.25) is 0 Å². The zero-order valence-electron chi connectivity index (χ0n) is 11.5. The molecule has 1 amide bonds. The van der Waals surface area contributed by atoms with Crippen LogP contribution in [0.1, 0.15) is 26.7 Å². The van der Waals surface area contributed by atoms with Crippen molar-refractivity contribution < 1.29 is 23.8 Å². The smallest absolute Gasteiger partial charge is 0.329 e. The Balaban J connectivity index is 2.56. The van der Waals surface area contributed by atoms with Gasteiger partial charge in [-0.15, -0.1) is 0 Å². The molecule has 1 atom stereocenters. The average Bonchev–Trinajstić information content (AvgIpc) is 2.36. The van der Waals surface area contributed by atoms with Crippen molar-refractivity contribution >= 4 is 11.9 Å². The molecule has 0 aliphatic heterocycles. The summed E-state index contributed by atoms with van der Waals surface area (Å²) in [5.41, 5.74) is -1.32. The van der Waals surface area contributed by atoms with Crippen molar-refractivity contribution in [3.05, 3.63) is 30.1 Å². The number of carboxylic acids is 1. The van der Waals surface area contributed by atoms with E-state index in [0.717, 1.165) is 6.07 Å². The Morgan fingerprint density at radius 1 is 1.45 bits per heavy atom. The van der Waals surface area contributed by atoms with Crippen LogP contribution in [-0.4, -0.2) is 29.1 Å². The number of ether oxygens (including phenoxy) is 1. The maximum atomic E-state index is 12.9. The van der Waals surface area contributed by atoms with Crippen LogP contribution in [-0.2, 0) is 9.59 Å². The van der Waals surface area contributed by atoms with Gasteiger partial charge in [-0.3, -0.25) is 4.79 Å². The highest BCUT2D eigenvalue weighted by atomic mass is 19.1. The largest absolute Gasteiger partial charge is 0.484 e. The van der Waals surface area contributed by atoms with E-state index in [9.17, 15) is 14.0 Å². The summed E-state index contributed by atoms with van der Waals surface area (Å²) in [4.78, 5) is 22.9. The molecule has 0 fully saturated rings. The van der Waals surface area contributed by atoms with Crippen LogP contribution in [0.2, 0.25) is 0 Å². The van der Waals surface area contributed by atoms with Gasteiger partial charge in [-0.05, 0) is 25.5 Å². The lowest BCUT2D eigenvalue weighted by Gasteiger charge is -2.25. The molecule has 0 saturated heterocycles. The standard InChI is InChI=1S/C14H18FNO4/c1-3-7-14(2,13(18)19)16-12(17)9-20-11-6-4-5-10(15)8-11/h4-6,8H,3,7,9H2,1-2H3,(H,16,17)(H,18,19). The van der Waals surface area contributed by atoms with Crippen molar-refractivity contribution in [1.29, 1.82) is 0 Å². The summed E-state index contributed by atoms with van der Waals surface area (Å²) in [6.07, 6.45) is 0.932. The Morgan fingerprint density at radius 2 is 2.15 bits per heavy atom. The molecule has 0 aliphatic rings. The highest BCUT2D eigenvalue weighted by Gasteiger charge is 2.33. The fourth-order valence-electron chi connectivity index (χ4n) is 1.77. The van der Waals surface area contributed by atoms with Gasteiger partial charge in [0.1, 0.15) is 17.1 Å². The minimum atomic E-state index is -1.32. The fraction of sp³-hybridized carbons (Fsp3) is 0.429. The molecule has 1 rings (SSSR count). The van der Waals surface area contributed by atoms with E-state index in [-0.39, 0.29) is 12.4 Å². The molecule has 1 aromatic carbocycles. The van der Waals surface area contributed by atoms with Crippen LogP contribution in [0.25, 0.3) is 0 Å². The fourth-order valence-corrected chi connectivity index (χ4v) is 1.77. The molecule has 0 aliphatic carbocycles. The van der Waals surface area contributed by atoms with Gasteiger partial charge in [-0.2, -0.15) is 0 Å². The van der Waals surface area contributed by atoms with Gasteiger partial charge in [-0.25, -0.2) is 9.18 Å². The highest BCUT2D eigenvalue weighted by Crippen LogP contribution is 2.14. The third-order valence-corrected chi connectivity index (χ3v) is 2.80. The van der Waals surface area contributed by atoms with Crippen LogP contribution in [0.4, 0.5) is 4.39 Å². The van der Waals surface area contributed by atoms with Gasteiger partial charge < -0.3 is 15.2 Å². The molecule has 0 spiro atoms. The predicted octanol–water partition coefficient (Wildman–Crippen LogP) is 1.96. The Kier molecular flexibility index (Phi) is 5.49. The molecule has 0 radical (unpaired) electrons. The van der Waals surface area contributed by atoms with E-state index in [2.05, 4.69) is 5.32 Å². The number of amides is 1. The number of carboxylic acid groups (broad SMARTS) is 1. The van der Waals surface area contributed by atoms with Crippen LogP contribution >= 0.6 is 0 Å². The summed E-state index contributed by atoms with van der Waals surface area (Å²) in [5, 5.41) is 11.6. The number of hydrogen-bond acceptors (Lipinski definition) is 3. The lowest BCUT2D eigenvalue weighted by atomic mass is 9.96. The number of halogens is 1. The normalized spacial score (nSPS) is 13.3. The zero-order valence-corrected chi connectivity index (χ0v) is 11.5. The van der Waals surface area contributed by atoms with Gasteiger partial charge in [0.25, 0.3) is 5.91 Å². The summed E-state index contributed by atoms with van der Waals surface area (Å²) >= 11 is 0. The summed E-state index contributed by atoms with van der Waals surface area (Å²) in [6.45, 7) is 2.91. The maximum Gasteiger partial charge on any atom is 0.329 e. The first-order valence-corrected chi connectivity index (χ1v) is 6.30. The molecular formula is C14H18FNO4. The minimum Gasteiger partial charge on any atom is -0.484 e. The van der Waals surface area contributed by atoms with Gasteiger partial charge >= 0.3 is 5.97 Å². The third-order valence-electron chi connectivity index (χ3n) is 2.80. The van der Waals surface area contributed by atoms with Crippen LogP contribution in [0.3, 0.4) is 0 Å². The number of benzene rings is 1. The van der Waals surface area contributed by atoms with Crippen molar-refractivity contribution in [2.24, 2.45) is 0 Å². The first-order valence-electron chi connectivity index (χ1n) is 6.30. The van der Waals surface area contributed by atoms with Gasteiger partial charge in [0, 0.05) is 6.07 Å². The number of carbonyl (C=O) groups excluding carboxylic acids is 1. The Bertz CT molecular complexity index is 492. The molecule has 5 nitrogen and oxygen atoms in total. The van der Waals surface area contributed by atoms with E-state index in [1.807, 2.05) is 6.92 Å². The van der Waals surface area contributed by atoms with Crippen molar-refractivity contribution in [3.63, 3.8) is 0 Å². The second kappa shape index (κ2) is 6.88. The topological polar surface area (TPSA) is 75.6 Å². The predicted molar refractivity (Wildman–Crippen MR) is 71.0 cm³/mol. The van der Waals surface area contributed by atoms with E-state index >= 15 is 0 Å². The van der Waals surface area contributed by atoms with Gasteiger partial charge in [0.15, 0.2) is 6.61 Å².